The summed E-state index contributed by atoms with van der Waals surface area (Å²) < 4.78 is 0.545. The van der Waals surface area contributed by atoms with Gasteiger partial charge in [-0.15, -0.1) is 23.5 Å². The number of amides is 1. The summed E-state index contributed by atoms with van der Waals surface area (Å²) in [5.74, 6) is 2.45. The molecule has 74 valence electrons. The van der Waals surface area contributed by atoms with Crippen molar-refractivity contribution in [3.8, 4) is 0 Å². The minimum atomic E-state index is 0.545. The highest BCUT2D eigenvalue weighted by Crippen LogP contribution is 2.45. The molecule has 14 heavy (non-hydrogen) atoms. The molecule has 4 heteroatoms. The van der Waals surface area contributed by atoms with Crippen molar-refractivity contribution >= 4 is 35.6 Å². The number of rotatable bonds is 3. The van der Waals surface area contributed by atoms with Crippen molar-refractivity contribution in [2.75, 3.05) is 16.8 Å². The van der Waals surface area contributed by atoms with E-state index in [0.717, 1.165) is 5.69 Å². The molecular formula is C10H11NOS2. The average Bonchev–Trinajstić information content (AvgIpc) is 2.71. The monoisotopic (exact) mass is 225 g/mol. The maximum atomic E-state index is 10.3. The van der Waals surface area contributed by atoms with Gasteiger partial charge in [0.25, 0.3) is 0 Å². The Morgan fingerprint density at radius 1 is 1.36 bits per heavy atom. The number of benzene rings is 1. The summed E-state index contributed by atoms with van der Waals surface area (Å²) in [6.45, 7) is 0. The minimum absolute atomic E-state index is 0.545. The maximum Gasteiger partial charge on any atom is 0.211 e. The van der Waals surface area contributed by atoms with Crippen molar-refractivity contribution in [1.82, 2.24) is 0 Å². The van der Waals surface area contributed by atoms with E-state index < -0.39 is 0 Å². The maximum absolute atomic E-state index is 10.3. The number of carbonyl (C=O) groups is 1. The summed E-state index contributed by atoms with van der Waals surface area (Å²) >= 11 is 3.94. The van der Waals surface area contributed by atoms with Crippen LogP contribution in [0, 0.1) is 0 Å². The normalized spacial score (nSPS) is 16.9. The van der Waals surface area contributed by atoms with E-state index in [0.29, 0.717) is 11.0 Å². The molecule has 1 fully saturated rings. The quantitative estimate of drug-likeness (QED) is 0.802. The molecule has 0 bridgehead atoms. The lowest BCUT2D eigenvalue weighted by Crippen LogP contribution is -1.94. The van der Waals surface area contributed by atoms with E-state index >= 15 is 0 Å². The van der Waals surface area contributed by atoms with Crippen molar-refractivity contribution in [1.29, 1.82) is 0 Å². The first kappa shape index (κ1) is 9.93. The molecule has 1 aromatic carbocycles. The topological polar surface area (TPSA) is 29.1 Å². The molecule has 0 aromatic heterocycles. The Bertz CT molecular complexity index is 324. The zero-order valence-electron chi connectivity index (χ0n) is 7.60. The highest BCUT2D eigenvalue weighted by molar-refractivity contribution is 8.19. The Kier molecular flexibility index (Phi) is 3.37. The van der Waals surface area contributed by atoms with Crippen molar-refractivity contribution < 1.29 is 4.79 Å². The fourth-order valence-corrected chi connectivity index (χ4v) is 4.23. The van der Waals surface area contributed by atoms with Gasteiger partial charge in [0.2, 0.25) is 6.41 Å². The third kappa shape index (κ3) is 2.25. The highest BCUT2D eigenvalue weighted by atomic mass is 32.2. The molecule has 0 unspecified atom stereocenters. The van der Waals surface area contributed by atoms with E-state index in [-0.39, 0.29) is 0 Å². The van der Waals surface area contributed by atoms with Gasteiger partial charge < -0.3 is 5.32 Å². The zero-order valence-corrected chi connectivity index (χ0v) is 9.24. The summed E-state index contributed by atoms with van der Waals surface area (Å²) in [7, 11) is 0. The van der Waals surface area contributed by atoms with Gasteiger partial charge in [0, 0.05) is 17.2 Å². The molecule has 0 saturated carbocycles. The number of nitrogens with one attached hydrogen (secondary N) is 1. The average molecular weight is 225 g/mol. The van der Waals surface area contributed by atoms with Crippen LogP contribution in [0.1, 0.15) is 10.1 Å². The van der Waals surface area contributed by atoms with Gasteiger partial charge in [-0.3, -0.25) is 4.79 Å². The van der Waals surface area contributed by atoms with Crippen LogP contribution in [0.3, 0.4) is 0 Å². The second-order valence-electron chi connectivity index (χ2n) is 2.96. The van der Waals surface area contributed by atoms with Gasteiger partial charge in [0.1, 0.15) is 0 Å². The van der Waals surface area contributed by atoms with E-state index in [1.54, 1.807) is 0 Å². The molecule has 1 aromatic rings. The Labute approximate surface area is 91.8 Å². The number of anilines is 1. The molecule has 2 nitrogen and oxygen atoms in total. The SMILES string of the molecule is O=CNc1cccc(C2SCCS2)c1. The van der Waals surface area contributed by atoms with Gasteiger partial charge in [-0.1, -0.05) is 12.1 Å². The van der Waals surface area contributed by atoms with Crippen LogP contribution in [0.25, 0.3) is 0 Å². The molecule has 0 spiro atoms. The van der Waals surface area contributed by atoms with Gasteiger partial charge in [0.15, 0.2) is 0 Å². The second kappa shape index (κ2) is 4.75. The highest BCUT2D eigenvalue weighted by Gasteiger charge is 2.17. The lowest BCUT2D eigenvalue weighted by atomic mass is 10.2. The standard InChI is InChI=1S/C10H11NOS2/c12-7-11-9-3-1-2-8(6-9)10-13-4-5-14-10/h1-3,6-7,10H,4-5H2,(H,11,12). The molecule has 1 saturated heterocycles. The number of carbonyl (C=O) groups excluding carboxylic acids is 1. The minimum Gasteiger partial charge on any atom is -0.329 e. The molecule has 1 aliphatic heterocycles. The summed E-state index contributed by atoms with van der Waals surface area (Å²) in [4.78, 5) is 10.3. The van der Waals surface area contributed by atoms with Crippen molar-refractivity contribution in [3.05, 3.63) is 29.8 Å². The third-order valence-corrected chi connectivity index (χ3v) is 5.11. The molecule has 0 radical (unpaired) electrons. The third-order valence-electron chi connectivity index (χ3n) is 2.01. The smallest absolute Gasteiger partial charge is 0.211 e. The van der Waals surface area contributed by atoms with Crippen LogP contribution in [-0.2, 0) is 4.79 Å². The fraction of sp³-hybridized carbons (Fsp3) is 0.300. The van der Waals surface area contributed by atoms with Gasteiger partial charge in [0.05, 0.1) is 4.58 Å². The van der Waals surface area contributed by atoms with Crippen LogP contribution in [0.2, 0.25) is 0 Å². The molecule has 1 N–H and O–H groups in total. The fourth-order valence-electron chi connectivity index (χ4n) is 1.39. The van der Waals surface area contributed by atoms with Crippen molar-refractivity contribution in [2.24, 2.45) is 0 Å². The lowest BCUT2D eigenvalue weighted by molar-refractivity contribution is -0.105. The Morgan fingerprint density at radius 3 is 2.86 bits per heavy atom. The number of hydrogen-bond acceptors (Lipinski definition) is 3. The summed E-state index contributed by atoms with van der Waals surface area (Å²) in [5.41, 5.74) is 2.18. The van der Waals surface area contributed by atoms with Crippen LogP contribution in [-0.4, -0.2) is 17.9 Å². The van der Waals surface area contributed by atoms with Gasteiger partial charge in [-0.05, 0) is 17.7 Å². The zero-order chi connectivity index (χ0) is 9.80. The van der Waals surface area contributed by atoms with E-state index in [1.807, 2.05) is 41.7 Å². The molecule has 0 atom stereocenters. The number of hydrogen-bond donors (Lipinski definition) is 1. The largest absolute Gasteiger partial charge is 0.329 e. The Hall–Kier alpha value is -0.610. The first-order valence-corrected chi connectivity index (χ1v) is 6.53. The van der Waals surface area contributed by atoms with Crippen LogP contribution >= 0.6 is 23.5 Å². The predicted molar refractivity (Wildman–Crippen MR) is 63.8 cm³/mol. The first-order valence-electron chi connectivity index (χ1n) is 4.43. The van der Waals surface area contributed by atoms with E-state index in [4.69, 9.17) is 0 Å². The lowest BCUT2D eigenvalue weighted by Gasteiger charge is -2.09. The first-order chi connectivity index (χ1) is 6.90. The van der Waals surface area contributed by atoms with Crippen LogP contribution in [0.5, 0.6) is 0 Å². The second-order valence-corrected chi connectivity index (χ2v) is 5.69. The van der Waals surface area contributed by atoms with Crippen LogP contribution in [0.4, 0.5) is 5.69 Å². The van der Waals surface area contributed by atoms with Crippen molar-refractivity contribution in [2.45, 2.75) is 4.58 Å². The van der Waals surface area contributed by atoms with Gasteiger partial charge in [-0.25, -0.2) is 0 Å². The van der Waals surface area contributed by atoms with E-state index in [1.165, 1.54) is 17.1 Å². The summed E-state index contributed by atoms with van der Waals surface area (Å²) in [6, 6.07) is 8.05. The van der Waals surface area contributed by atoms with E-state index in [2.05, 4.69) is 11.4 Å². The molecule has 2 rings (SSSR count). The molecule has 1 aliphatic rings. The van der Waals surface area contributed by atoms with Gasteiger partial charge in [-0.2, -0.15) is 0 Å². The molecule has 1 heterocycles. The van der Waals surface area contributed by atoms with Gasteiger partial charge >= 0.3 is 0 Å². The summed E-state index contributed by atoms with van der Waals surface area (Å²) in [6.07, 6.45) is 0.716. The predicted octanol–water partition coefficient (Wildman–Crippen LogP) is 2.73. The van der Waals surface area contributed by atoms with Crippen molar-refractivity contribution in [3.63, 3.8) is 0 Å². The van der Waals surface area contributed by atoms with Crippen LogP contribution < -0.4 is 5.32 Å². The summed E-state index contributed by atoms with van der Waals surface area (Å²) in [5, 5.41) is 2.67. The van der Waals surface area contributed by atoms with E-state index in [9.17, 15) is 4.79 Å². The number of thioether (sulfide) groups is 2. The molecule has 0 aliphatic carbocycles. The van der Waals surface area contributed by atoms with Crippen LogP contribution in [0.15, 0.2) is 24.3 Å². The molecule has 1 amide bonds. The Balaban J connectivity index is 2.16. The molecular weight excluding hydrogens is 214 g/mol. The Morgan fingerprint density at radius 2 is 2.14 bits per heavy atom.